The number of nitrogens with one attached hydrogen (secondary N) is 1. The van der Waals surface area contributed by atoms with Crippen LogP contribution in [0.3, 0.4) is 0 Å². The van der Waals surface area contributed by atoms with Crippen molar-refractivity contribution in [1.29, 1.82) is 0 Å². The zero-order valence-electron chi connectivity index (χ0n) is 13.2. The molecule has 2 amide bonds. The van der Waals surface area contributed by atoms with Crippen molar-refractivity contribution in [1.82, 2.24) is 4.90 Å². The molecular formula is C17H20N2O5. The summed E-state index contributed by atoms with van der Waals surface area (Å²) in [6, 6.07) is 7.07. The van der Waals surface area contributed by atoms with Gasteiger partial charge in [-0.2, -0.15) is 0 Å². The number of benzene rings is 1. The fourth-order valence-electron chi connectivity index (χ4n) is 2.80. The maximum Gasteiger partial charge on any atom is 0.307 e. The van der Waals surface area contributed by atoms with E-state index < -0.39 is 17.8 Å². The molecule has 2 unspecified atom stereocenters. The lowest BCUT2D eigenvalue weighted by molar-refractivity contribution is -0.139. The largest absolute Gasteiger partial charge is 0.481 e. The van der Waals surface area contributed by atoms with Crippen LogP contribution in [0.4, 0.5) is 5.69 Å². The number of carbonyl (C=O) groups excluding carboxylic acids is 2. The Morgan fingerprint density at radius 1 is 1.12 bits per heavy atom. The van der Waals surface area contributed by atoms with E-state index >= 15 is 0 Å². The Labute approximate surface area is 139 Å². The minimum Gasteiger partial charge on any atom is -0.481 e. The molecule has 0 radical (unpaired) electrons. The van der Waals surface area contributed by atoms with E-state index in [1.807, 2.05) is 0 Å². The number of hydrogen-bond acceptors (Lipinski definition) is 4. The first-order valence-electron chi connectivity index (χ1n) is 8.03. The van der Waals surface area contributed by atoms with Gasteiger partial charge in [0.25, 0.3) is 0 Å². The van der Waals surface area contributed by atoms with E-state index in [0.29, 0.717) is 44.8 Å². The van der Waals surface area contributed by atoms with Gasteiger partial charge in [0.15, 0.2) is 0 Å². The summed E-state index contributed by atoms with van der Waals surface area (Å²) in [5.74, 6) is -2.12. The van der Waals surface area contributed by atoms with Crippen molar-refractivity contribution in [2.75, 3.05) is 31.6 Å². The van der Waals surface area contributed by atoms with Crippen molar-refractivity contribution in [3.8, 4) is 0 Å². The van der Waals surface area contributed by atoms with Crippen LogP contribution in [0.25, 0.3) is 0 Å². The summed E-state index contributed by atoms with van der Waals surface area (Å²) < 4.78 is 5.23. The van der Waals surface area contributed by atoms with Gasteiger partial charge in [-0.15, -0.1) is 0 Å². The summed E-state index contributed by atoms with van der Waals surface area (Å²) in [4.78, 5) is 36.7. The zero-order chi connectivity index (χ0) is 17.1. The van der Waals surface area contributed by atoms with Crippen LogP contribution in [-0.2, 0) is 25.5 Å². The average molecular weight is 332 g/mol. The Bertz CT molecular complexity index is 637. The van der Waals surface area contributed by atoms with E-state index in [0.717, 1.165) is 5.56 Å². The number of rotatable bonds is 5. The van der Waals surface area contributed by atoms with Gasteiger partial charge in [-0.1, -0.05) is 12.1 Å². The number of carboxylic acid groups (broad SMARTS) is 1. The number of hydrogen-bond donors (Lipinski definition) is 2. The minimum atomic E-state index is -0.924. The molecule has 2 aliphatic rings. The molecule has 2 N–H and O–H groups in total. The van der Waals surface area contributed by atoms with Gasteiger partial charge in [0.2, 0.25) is 11.8 Å². The van der Waals surface area contributed by atoms with Crippen LogP contribution >= 0.6 is 0 Å². The van der Waals surface area contributed by atoms with E-state index in [2.05, 4.69) is 5.32 Å². The molecule has 1 aromatic rings. The van der Waals surface area contributed by atoms with Crippen molar-refractivity contribution in [3.63, 3.8) is 0 Å². The topological polar surface area (TPSA) is 95.9 Å². The molecule has 1 heterocycles. The summed E-state index contributed by atoms with van der Waals surface area (Å²) in [7, 11) is 0. The van der Waals surface area contributed by atoms with Crippen molar-refractivity contribution >= 4 is 23.5 Å². The molecule has 7 nitrogen and oxygen atoms in total. The van der Waals surface area contributed by atoms with E-state index in [9.17, 15) is 14.4 Å². The van der Waals surface area contributed by atoms with E-state index in [4.69, 9.17) is 9.84 Å². The Balaban J connectivity index is 1.51. The molecule has 24 heavy (non-hydrogen) atoms. The highest BCUT2D eigenvalue weighted by atomic mass is 16.5. The third-order valence-electron chi connectivity index (χ3n) is 4.39. The van der Waals surface area contributed by atoms with Crippen molar-refractivity contribution in [2.24, 2.45) is 11.8 Å². The van der Waals surface area contributed by atoms with Gasteiger partial charge >= 0.3 is 5.97 Å². The van der Waals surface area contributed by atoms with Crippen LogP contribution < -0.4 is 5.32 Å². The molecule has 0 spiro atoms. The number of ether oxygens (including phenoxy) is 1. The molecular weight excluding hydrogens is 312 g/mol. The van der Waals surface area contributed by atoms with Gasteiger partial charge in [-0.05, 0) is 24.1 Å². The van der Waals surface area contributed by atoms with Gasteiger partial charge in [0, 0.05) is 18.8 Å². The molecule has 2 fully saturated rings. The van der Waals surface area contributed by atoms with Crippen molar-refractivity contribution in [3.05, 3.63) is 29.8 Å². The predicted octanol–water partition coefficient (Wildman–Crippen LogP) is 0.747. The molecule has 3 rings (SSSR count). The molecule has 0 aromatic heterocycles. The fraction of sp³-hybridized carbons (Fsp3) is 0.471. The summed E-state index contributed by atoms with van der Waals surface area (Å²) in [5.41, 5.74) is 1.48. The second-order valence-corrected chi connectivity index (χ2v) is 6.14. The first kappa shape index (κ1) is 16.4. The summed E-state index contributed by atoms with van der Waals surface area (Å²) in [6.07, 6.45) is 0.714. The monoisotopic (exact) mass is 332 g/mol. The maximum atomic E-state index is 12.2. The third-order valence-corrected chi connectivity index (χ3v) is 4.39. The Morgan fingerprint density at radius 3 is 2.38 bits per heavy atom. The zero-order valence-corrected chi connectivity index (χ0v) is 13.2. The fourth-order valence-corrected chi connectivity index (χ4v) is 2.80. The molecule has 1 aromatic carbocycles. The summed E-state index contributed by atoms with van der Waals surface area (Å²) >= 11 is 0. The number of aliphatic carboxylic acids is 1. The average Bonchev–Trinajstić information content (AvgIpc) is 3.38. The molecule has 0 bridgehead atoms. The van der Waals surface area contributed by atoms with Crippen LogP contribution in [0.1, 0.15) is 12.0 Å². The maximum absolute atomic E-state index is 12.2. The van der Waals surface area contributed by atoms with Crippen LogP contribution in [0, 0.1) is 11.8 Å². The van der Waals surface area contributed by atoms with Gasteiger partial charge in [0.1, 0.15) is 0 Å². The number of carboxylic acids is 1. The number of anilines is 1. The van der Waals surface area contributed by atoms with E-state index in [-0.39, 0.29) is 11.8 Å². The molecule has 7 heteroatoms. The molecule has 128 valence electrons. The number of morpholine rings is 1. The second-order valence-electron chi connectivity index (χ2n) is 6.14. The lowest BCUT2D eigenvalue weighted by Crippen LogP contribution is -2.41. The summed E-state index contributed by atoms with van der Waals surface area (Å²) in [6.45, 7) is 2.41. The SMILES string of the molecule is O=C(O)C1CC1C(=O)Nc1ccc(CC(=O)N2CCOCC2)cc1. The second kappa shape index (κ2) is 7.00. The standard InChI is InChI=1S/C17H20N2O5/c20-15(19-5-7-24-8-6-19)9-11-1-3-12(4-2-11)18-16(21)13-10-14(13)17(22)23/h1-4,13-14H,5-10H2,(H,18,21)(H,22,23). The van der Waals surface area contributed by atoms with Gasteiger partial charge in [0.05, 0.1) is 31.5 Å². The normalized spacial score (nSPS) is 22.8. The van der Waals surface area contributed by atoms with Crippen LogP contribution in [0.5, 0.6) is 0 Å². The predicted molar refractivity (Wildman–Crippen MR) is 85.4 cm³/mol. The molecule has 1 aliphatic carbocycles. The highest BCUT2D eigenvalue weighted by Gasteiger charge is 2.48. The molecule has 1 saturated carbocycles. The smallest absolute Gasteiger partial charge is 0.307 e. The number of amides is 2. The molecule has 1 saturated heterocycles. The number of carbonyl (C=O) groups is 3. The van der Waals surface area contributed by atoms with Crippen LogP contribution in [0.2, 0.25) is 0 Å². The first-order chi connectivity index (χ1) is 11.5. The van der Waals surface area contributed by atoms with E-state index in [1.54, 1.807) is 29.2 Å². The van der Waals surface area contributed by atoms with Gasteiger partial charge in [-0.25, -0.2) is 0 Å². The third kappa shape index (κ3) is 3.91. The molecule has 1 aliphatic heterocycles. The van der Waals surface area contributed by atoms with Crippen molar-refractivity contribution < 1.29 is 24.2 Å². The van der Waals surface area contributed by atoms with Gasteiger partial charge < -0.3 is 20.1 Å². The lowest BCUT2D eigenvalue weighted by atomic mass is 10.1. The minimum absolute atomic E-state index is 0.0670. The molecule has 2 atom stereocenters. The van der Waals surface area contributed by atoms with Crippen LogP contribution in [-0.4, -0.2) is 54.1 Å². The Morgan fingerprint density at radius 2 is 1.79 bits per heavy atom. The van der Waals surface area contributed by atoms with Crippen molar-refractivity contribution in [2.45, 2.75) is 12.8 Å². The lowest BCUT2D eigenvalue weighted by Gasteiger charge is -2.26. The van der Waals surface area contributed by atoms with E-state index in [1.165, 1.54) is 0 Å². The number of nitrogens with zero attached hydrogens (tertiary/aromatic N) is 1. The van der Waals surface area contributed by atoms with Gasteiger partial charge in [-0.3, -0.25) is 14.4 Å². The highest BCUT2D eigenvalue weighted by Crippen LogP contribution is 2.39. The Hall–Kier alpha value is -2.41. The quantitative estimate of drug-likeness (QED) is 0.829. The van der Waals surface area contributed by atoms with Crippen LogP contribution in [0.15, 0.2) is 24.3 Å². The summed E-state index contributed by atoms with van der Waals surface area (Å²) in [5, 5.41) is 11.6. The Kier molecular flexibility index (Phi) is 4.80. The first-order valence-corrected chi connectivity index (χ1v) is 8.03. The highest BCUT2D eigenvalue weighted by molar-refractivity contribution is 5.98.